The van der Waals surface area contributed by atoms with Gasteiger partial charge in [-0.05, 0) is 29.9 Å². The van der Waals surface area contributed by atoms with Gasteiger partial charge in [0.15, 0.2) is 5.11 Å². The molecule has 3 N–H and O–H groups in total. The molecular formula is C15H17Cl3N3O3S-. The number of halogens is 3. The van der Waals surface area contributed by atoms with Crippen LogP contribution in [0, 0.1) is 5.41 Å². The lowest BCUT2D eigenvalue weighted by Gasteiger charge is -2.30. The lowest BCUT2D eigenvalue weighted by atomic mass is 9.95. The van der Waals surface area contributed by atoms with E-state index in [-0.39, 0.29) is 16.6 Å². The van der Waals surface area contributed by atoms with E-state index in [0.29, 0.717) is 5.69 Å². The fourth-order valence-corrected chi connectivity index (χ4v) is 2.10. The molecule has 25 heavy (non-hydrogen) atoms. The Kier molecular flexibility index (Phi) is 7.31. The SMILES string of the molecule is CC(C)(C)C(=O)N[C@@H](NC(=S)Nc1ccc(C(=O)[O-])cc1)C(Cl)(Cl)Cl. The summed E-state index contributed by atoms with van der Waals surface area (Å²) in [6.07, 6.45) is -1.08. The van der Waals surface area contributed by atoms with Crippen LogP contribution in [0.2, 0.25) is 0 Å². The molecule has 1 aromatic rings. The van der Waals surface area contributed by atoms with Crippen LogP contribution < -0.4 is 21.1 Å². The zero-order valence-electron chi connectivity index (χ0n) is 13.7. The van der Waals surface area contributed by atoms with Crippen LogP contribution in [0.1, 0.15) is 31.1 Å². The average molecular weight is 426 g/mol. The lowest BCUT2D eigenvalue weighted by Crippen LogP contribution is -2.58. The van der Waals surface area contributed by atoms with E-state index in [2.05, 4.69) is 16.0 Å². The maximum atomic E-state index is 12.1. The van der Waals surface area contributed by atoms with Gasteiger partial charge in [0.05, 0.1) is 5.97 Å². The number of thiocarbonyl (C=S) groups is 1. The maximum absolute atomic E-state index is 12.1. The predicted octanol–water partition coefficient (Wildman–Crippen LogP) is 2.20. The van der Waals surface area contributed by atoms with Gasteiger partial charge in [0.2, 0.25) is 9.70 Å². The zero-order valence-corrected chi connectivity index (χ0v) is 16.7. The number of amides is 1. The van der Waals surface area contributed by atoms with Crippen molar-refractivity contribution in [3.8, 4) is 0 Å². The number of anilines is 1. The molecule has 0 bridgehead atoms. The molecule has 0 heterocycles. The molecule has 0 radical (unpaired) electrons. The van der Waals surface area contributed by atoms with Crippen LogP contribution in [0.3, 0.4) is 0 Å². The molecule has 1 atom stereocenters. The van der Waals surface area contributed by atoms with E-state index in [1.54, 1.807) is 20.8 Å². The van der Waals surface area contributed by atoms with Gasteiger partial charge >= 0.3 is 0 Å². The number of nitrogens with one attached hydrogen (secondary N) is 3. The maximum Gasteiger partial charge on any atom is 0.228 e. The third-order valence-corrected chi connectivity index (χ3v) is 3.81. The molecule has 138 valence electrons. The fourth-order valence-electron chi connectivity index (χ4n) is 1.54. The van der Waals surface area contributed by atoms with Crippen LogP contribution in [0.4, 0.5) is 5.69 Å². The number of benzene rings is 1. The normalized spacial score (nSPS) is 12.9. The summed E-state index contributed by atoms with van der Waals surface area (Å²) in [5, 5.41) is 18.9. The van der Waals surface area contributed by atoms with Gasteiger partial charge < -0.3 is 25.9 Å². The van der Waals surface area contributed by atoms with E-state index >= 15 is 0 Å². The summed E-state index contributed by atoms with van der Waals surface area (Å²) >= 11 is 22.8. The van der Waals surface area contributed by atoms with Crippen molar-refractivity contribution in [1.29, 1.82) is 0 Å². The van der Waals surface area contributed by atoms with Crippen LogP contribution >= 0.6 is 47.0 Å². The highest BCUT2D eigenvalue weighted by atomic mass is 35.6. The minimum absolute atomic E-state index is 0.0287. The summed E-state index contributed by atoms with van der Waals surface area (Å²) in [4.78, 5) is 22.8. The van der Waals surface area contributed by atoms with E-state index in [0.717, 1.165) is 0 Å². The lowest BCUT2D eigenvalue weighted by molar-refractivity contribution is -0.255. The molecule has 0 aromatic heterocycles. The minimum atomic E-state index is -1.86. The van der Waals surface area contributed by atoms with Crippen molar-refractivity contribution in [1.82, 2.24) is 10.6 Å². The number of rotatable bonds is 4. The van der Waals surface area contributed by atoms with Crippen LogP contribution in [0.25, 0.3) is 0 Å². The predicted molar refractivity (Wildman–Crippen MR) is 102 cm³/mol. The Morgan fingerprint density at radius 3 is 2.00 bits per heavy atom. The van der Waals surface area contributed by atoms with E-state index in [1.807, 2.05) is 0 Å². The van der Waals surface area contributed by atoms with Crippen molar-refractivity contribution in [2.24, 2.45) is 5.41 Å². The molecule has 1 rings (SSSR count). The van der Waals surface area contributed by atoms with Gasteiger partial charge in [-0.3, -0.25) is 4.79 Å². The van der Waals surface area contributed by atoms with Gasteiger partial charge in [-0.1, -0.05) is 67.7 Å². The molecular weight excluding hydrogens is 409 g/mol. The van der Waals surface area contributed by atoms with Crippen LogP contribution in [0.5, 0.6) is 0 Å². The molecule has 0 unspecified atom stereocenters. The number of carbonyl (C=O) groups excluding carboxylic acids is 2. The number of carboxylic acid groups (broad SMARTS) is 1. The number of hydrogen-bond donors (Lipinski definition) is 3. The summed E-state index contributed by atoms with van der Waals surface area (Å²) < 4.78 is -1.86. The topological polar surface area (TPSA) is 93.3 Å². The Balaban J connectivity index is 2.78. The smallest absolute Gasteiger partial charge is 0.228 e. The van der Waals surface area contributed by atoms with Gasteiger partial charge in [0.25, 0.3) is 0 Å². The molecule has 0 spiro atoms. The zero-order chi connectivity index (χ0) is 19.4. The highest BCUT2D eigenvalue weighted by Crippen LogP contribution is 2.30. The second kappa shape index (κ2) is 8.40. The number of hydrogen-bond acceptors (Lipinski definition) is 4. The molecule has 0 fully saturated rings. The van der Waals surface area contributed by atoms with E-state index in [9.17, 15) is 14.7 Å². The first kappa shape index (κ1) is 21.8. The quantitative estimate of drug-likeness (QED) is 0.389. The van der Waals surface area contributed by atoms with Gasteiger partial charge in [0, 0.05) is 11.1 Å². The van der Waals surface area contributed by atoms with Crippen molar-refractivity contribution >= 4 is 69.7 Å². The molecule has 0 saturated carbocycles. The van der Waals surface area contributed by atoms with Gasteiger partial charge in [-0.2, -0.15) is 0 Å². The van der Waals surface area contributed by atoms with Crippen molar-refractivity contribution in [3.63, 3.8) is 0 Å². The number of aromatic carboxylic acids is 1. The molecule has 6 nitrogen and oxygen atoms in total. The Morgan fingerprint density at radius 2 is 1.60 bits per heavy atom. The fraction of sp³-hybridized carbons (Fsp3) is 0.400. The Morgan fingerprint density at radius 1 is 1.08 bits per heavy atom. The monoisotopic (exact) mass is 424 g/mol. The summed E-state index contributed by atoms with van der Waals surface area (Å²) in [6.45, 7) is 5.15. The largest absolute Gasteiger partial charge is 0.545 e. The van der Waals surface area contributed by atoms with Crippen LogP contribution in [-0.4, -0.2) is 26.9 Å². The van der Waals surface area contributed by atoms with E-state index in [1.165, 1.54) is 24.3 Å². The minimum Gasteiger partial charge on any atom is -0.545 e. The van der Waals surface area contributed by atoms with Crippen LogP contribution in [-0.2, 0) is 4.79 Å². The Labute approximate surface area is 166 Å². The second-order valence-corrected chi connectivity index (χ2v) is 8.94. The molecule has 1 aromatic carbocycles. The first-order valence-corrected chi connectivity index (χ1v) is 8.61. The first-order valence-electron chi connectivity index (χ1n) is 7.07. The summed E-state index contributed by atoms with van der Waals surface area (Å²) in [6, 6.07) is 5.70. The molecule has 10 heteroatoms. The van der Waals surface area contributed by atoms with E-state index < -0.39 is 21.3 Å². The summed E-state index contributed by atoms with van der Waals surface area (Å²) in [7, 11) is 0. The number of alkyl halides is 3. The highest BCUT2D eigenvalue weighted by Gasteiger charge is 2.36. The standard InChI is InChI=1S/C15H18Cl3N3O3S/c1-14(2,3)12(24)20-11(15(16,17)18)21-13(25)19-9-6-4-8(5-7-9)10(22)23/h4-7,11H,1-3H3,(H,20,24)(H,22,23)(H2,19,21,25)/p-1/t11-/m0/s1. The first-order chi connectivity index (χ1) is 11.3. The number of carboxylic acids is 1. The molecule has 0 aliphatic carbocycles. The second-order valence-electron chi connectivity index (χ2n) is 6.16. The summed E-state index contributed by atoms with van der Waals surface area (Å²) in [5.74, 6) is -1.62. The third-order valence-electron chi connectivity index (χ3n) is 2.94. The third kappa shape index (κ3) is 7.23. The van der Waals surface area contributed by atoms with Crippen molar-refractivity contribution < 1.29 is 14.7 Å². The van der Waals surface area contributed by atoms with Crippen LogP contribution in [0.15, 0.2) is 24.3 Å². The molecule has 0 aliphatic heterocycles. The number of carbonyl (C=O) groups is 2. The van der Waals surface area contributed by atoms with Gasteiger partial charge in [0.1, 0.15) is 6.17 Å². The van der Waals surface area contributed by atoms with Gasteiger partial charge in [-0.25, -0.2) is 0 Å². The highest BCUT2D eigenvalue weighted by molar-refractivity contribution is 7.80. The Hall–Kier alpha value is -1.28. The molecule has 0 aliphatic rings. The Bertz CT molecular complexity index is 655. The van der Waals surface area contributed by atoms with Crippen molar-refractivity contribution in [2.45, 2.75) is 30.7 Å². The summed E-state index contributed by atoms with van der Waals surface area (Å²) in [5.41, 5.74) is -0.153. The van der Waals surface area contributed by atoms with Gasteiger partial charge in [-0.15, -0.1) is 0 Å². The van der Waals surface area contributed by atoms with Crippen molar-refractivity contribution in [3.05, 3.63) is 29.8 Å². The molecule has 1 amide bonds. The molecule has 0 saturated heterocycles. The van der Waals surface area contributed by atoms with E-state index in [4.69, 9.17) is 47.0 Å². The average Bonchev–Trinajstić information content (AvgIpc) is 2.44. The van der Waals surface area contributed by atoms with Crippen molar-refractivity contribution in [2.75, 3.05) is 5.32 Å².